The lowest BCUT2D eigenvalue weighted by atomic mass is 9.89. The number of aliphatic hydroxyl groups excluding tert-OH is 1. The molecular weight excluding hydrogens is 256 g/mol. The molecule has 0 saturated carbocycles. The number of hydrogen-bond donors (Lipinski definition) is 3. The molecule has 2 amide bonds. The number of urea groups is 1. The molecule has 0 aliphatic rings. The van der Waals surface area contributed by atoms with Crippen LogP contribution in [-0.4, -0.2) is 30.4 Å². The third kappa shape index (κ3) is 5.48. The molecule has 1 aromatic carbocycles. The van der Waals surface area contributed by atoms with Gasteiger partial charge in [-0.25, -0.2) is 4.79 Å². The van der Waals surface area contributed by atoms with Crippen molar-refractivity contribution in [2.75, 3.05) is 18.5 Å². The summed E-state index contributed by atoms with van der Waals surface area (Å²) in [4.78, 5) is 11.7. The molecule has 5 heteroatoms. The number of amides is 2. The van der Waals surface area contributed by atoms with E-state index in [0.717, 1.165) is 5.75 Å². The van der Waals surface area contributed by atoms with E-state index >= 15 is 0 Å². The van der Waals surface area contributed by atoms with E-state index in [9.17, 15) is 9.90 Å². The number of benzene rings is 1. The molecule has 0 bridgehead atoms. The predicted molar refractivity (Wildman–Crippen MR) is 80.1 cm³/mol. The predicted octanol–water partition coefficient (Wildman–Crippen LogP) is 2.61. The molecule has 0 heterocycles. The summed E-state index contributed by atoms with van der Waals surface area (Å²) in [7, 11) is 0. The van der Waals surface area contributed by atoms with Gasteiger partial charge < -0.3 is 20.5 Å². The van der Waals surface area contributed by atoms with Crippen molar-refractivity contribution in [2.24, 2.45) is 5.41 Å². The molecule has 0 aliphatic heterocycles. The normalized spacial score (nSPS) is 12.7. The zero-order valence-corrected chi connectivity index (χ0v) is 12.6. The van der Waals surface area contributed by atoms with E-state index in [1.165, 1.54) is 0 Å². The van der Waals surface area contributed by atoms with Gasteiger partial charge in [0.15, 0.2) is 0 Å². The van der Waals surface area contributed by atoms with Gasteiger partial charge in [0.05, 0.1) is 12.7 Å². The van der Waals surface area contributed by atoms with Crippen LogP contribution in [0, 0.1) is 5.41 Å². The molecular formula is C15H24N2O3. The van der Waals surface area contributed by atoms with E-state index < -0.39 is 6.10 Å². The van der Waals surface area contributed by atoms with E-state index in [1.54, 1.807) is 24.3 Å². The zero-order valence-electron chi connectivity index (χ0n) is 12.6. The van der Waals surface area contributed by atoms with Gasteiger partial charge >= 0.3 is 6.03 Å². The molecule has 0 radical (unpaired) electrons. The quantitative estimate of drug-likeness (QED) is 0.776. The van der Waals surface area contributed by atoms with Gasteiger partial charge in [0.25, 0.3) is 0 Å². The highest BCUT2D eigenvalue weighted by Gasteiger charge is 2.22. The molecule has 1 unspecified atom stereocenters. The van der Waals surface area contributed by atoms with Crippen molar-refractivity contribution in [1.29, 1.82) is 0 Å². The molecule has 3 N–H and O–H groups in total. The Kier molecular flexibility index (Phi) is 5.82. The second kappa shape index (κ2) is 7.14. The molecule has 0 spiro atoms. The molecule has 1 aromatic rings. The van der Waals surface area contributed by atoms with E-state index in [0.29, 0.717) is 12.3 Å². The van der Waals surface area contributed by atoms with Crippen LogP contribution in [0.2, 0.25) is 0 Å². The standard InChI is InChI=1S/C15H24N2O3/c1-5-20-12-8-6-11(7-9-12)17-14(19)16-10-13(18)15(2,3)4/h6-9,13,18H,5,10H2,1-4H3,(H2,16,17,19). The van der Waals surface area contributed by atoms with Crippen LogP contribution in [0.15, 0.2) is 24.3 Å². The number of ether oxygens (including phenoxy) is 1. The second-order valence-electron chi connectivity index (χ2n) is 5.67. The maximum absolute atomic E-state index is 11.7. The fourth-order valence-electron chi connectivity index (χ4n) is 1.47. The average Bonchev–Trinajstić information content (AvgIpc) is 2.37. The van der Waals surface area contributed by atoms with Crippen LogP contribution in [0.25, 0.3) is 0 Å². The van der Waals surface area contributed by atoms with Gasteiger partial charge in [-0.2, -0.15) is 0 Å². The Bertz CT molecular complexity index is 424. The molecule has 5 nitrogen and oxygen atoms in total. The van der Waals surface area contributed by atoms with Crippen molar-refractivity contribution in [2.45, 2.75) is 33.8 Å². The lowest BCUT2D eigenvalue weighted by Gasteiger charge is -2.25. The third-order valence-electron chi connectivity index (χ3n) is 2.88. The van der Waals surface area contributed by atoms with Gasteiger partial charge in [0.2, 0.25) is 0 Å². The molecule has 0 saturated heterocycles. The van der Waals surface area contributed by atoms with Crippen LogP contribution in [0.1, 0.15) is 27.7 Å². The number of carbonyl (C=O) groups is 1. The molecule has 112 valence electrons. The summed E-state index contributed by atoms with van der Waals surface area (Å²) in [6.45, 7) is 8.50. The minimum atomic E-state index is -0.589. The molecule has 0 aliphatic carbocycles. The lowest BCUT2D eigenvalue weighted by Crippen LogP contribution is -2.40. The van der Waals surface area contributed by atoms with E-state index in [4.69, 9.17) is 4.74 Å². The van der Waals surface area contributed by atoms with Crippen LogP contribution < -0.4 is 15.4 Å². The van der Waals surface area contributed by atoms with Gasteiger partial charge in [0.1, 0.15) is 5.75 Å². The zero-order chi connectivity index (χ0) is 15.2. The van der Waals surface area contributed by atoms with Crippen LogP contribution in [0.5, 0.6) is 5.75 Å². The Morgan fingerprint density at radius 2 is 1.90 bits per heavy atom. The Hall–Kier alpha value is -1.75. The minimum absolute atomic E-state index is 0.215. The first-order chi connectivity index (χ1) is 9.32. The first kappa shape index (κ1) is 16.3. The topological polar surface area (TPSA) is 70.6 Å². The summed E-state index contributed by atoms with van der Waals surface area (Å²) in [5, 5.41) is 15.2. The van der Waals surface area contributed by atoms with Gasteiger partial charge in [-0.1, -0.05) is 20.8 Å². The molecule has 1 rings (SSSR count). The fraction of sp³-hybridized carbons (Fsp3) is 0.533. The highest BCUT2D eigenvalue weighted by Crippen LogP contribution is 2.18. The van der Waals surface area contributed by atoms with Gasteiger partial charge in [0, 0.05) is 12.2 Å². The largest absolute Gasteiger partial charge is 0.494 e. The maximum Gasteiger partial charge on any atom is 0.319 e. The smallest absolute Gasteiger partial charge is 0.319 e. The maximum atomic E-state index is 11.7. The number of anilines is 1. The summed E-state index contributed by atoms with van der Waals surface area (Å²) in [5.74, 6) is 0.765. The number of carbonyl (C=O) groups excluding carboxylic acids is 1. The van der Waals surface area contributed by atoms with Crippen molar-refractivity contribution in [3.63, 3.8) is 0 Å². The van der Waals surface area contributed by atoms with Crippen LogP contribution >= 0.6 is 0 Å². The number of rotatable bonds is 5. The van der Waals surface area contributed by atoms with E-state index in [-0.39, 0.29) is 18.0 Å². The average molecular weight is 280 g/mol. The molecule has 0 aromatic heterocycles. The van der Waals surface area contributed by atoms with Crippen LogP contribution in [0.4, 0.5) is 10.5 Å². The summed E-state index contributed by atoms with van der Waals surface area (Å²) < 4.78 is 5.32. The lowest BCUT2D eigenvalue weighted by molar-refractivity contribution is 0.0654. The Balaban J connectivity index is 2.42. The van der Waals surface area contributed by atoms with Gasteiger partial charge in [-0.3, -0.25) is 0 Å². The summed E-state index contributed by atoms with van der Waals surface area (Å²) in [6.07, 6.45) is -0.589. The van der Waals surface area contributed by atoms with E-state index in [2.05, 4.69) is 10.6 Å². The van der Waals surface area contributed by atoms with Crippen LogP contribution in [0.3, 0.4) is 0 Å². The van der Waals surface area contributed by atoms with Gasteiger partial charge in [-0.15, -0.1) is 0 Å². The van der Waals surface area contributed by atoms with Crippen LogP contribution in [-0.2, 0) is 0 Å². The highest BCUT2D eigenvalue weighted by atomic mass is 16.5. The summed E-state index contributed by atoms with van der Waals surface area (Å²) in [6, 6.07) is 6.79. The van der Waals surface area contributed by atoms with Crippen molar-refractivity contribution in [3.8, 4) is 5.75 Å². The molecule has 20 heavy (non-hydrogen) atoms. The second-order valence-corrected chi connectivity index (χ2v) is 5.67. The SMILES string of the molecule is CCOc1ccc(NC(=O)NCC(O)C(C)(C)C)cc1. The first-order valence-electron chi connectivity index (χ1n) is 6.78. The Morgan fingerprint density at radius 1 is 1.30 bits per heavy atom. The molecule has 1 atom stereocenters. The summed E-state index contributed by atoms with van der Waals surface area (Å²) >= 11 is 0. The van der Waals surface area contributed by atoms with Crippen molar-refractivity contribution < 1.29 is 14.6 Å². The monoisotopic (exact) mass is 280 g/mol. The Labute approximate surface area is 120 Å². The fourth-order valence-corrected chi connectivity index (χ4v) is 1.47. The summed E-state index contributed by atoms with van der Waals surface area (Å²) in [5.41, 5.74) is 0.420. The molecule has 0 fully saturated rings. The third-order valence-corrected chi connectivity index (χ3v) is 2.88. The van der Waals surface area contributed by atoms with Crippen molar-refractivity contribution in [3.05, 3.63) is 24.3 Å². The number of aliphatic hydroxyl groups is 1. The Morgan fingerprint density at radius 3 is 2.40 bits per heavy atom. The van der Waals surface area contributed by atoms with E-state index in [1.807, 2.05) is 27.7 Å². The van der Waals surface area contributed by atoms with Crippen molar-refractivity contribution in [1.82, 2.24) is 5.32 Å². The number of hydrogen-bond acceptors (Lipinski definition) is 3. The van der Waals surface area contributed by atoms with Gasteiger partial charge in [-0.05, 0) is 36.6 Å². The first-order valence-corrected chi connectivity index (χ1v) is 6.78. The van der Waals surface area contributed by atoms with Crippen molar-refractivity contribution >= 4 is 11.7 Å². The number of nitrogens with one attached hydrogen (secondary N) is 2. The minimum Gasteiger partial charge on any atom is -0.494 e. The highest BCUT2D eigenvalue weighted by molar-refractivity contribution is 5.89.